The van der Waals surface area contributed by atoms with Gasteiger partial charge in [0.15, 0.2) is 0 Å². The van der Waals surface area contributed by atoms with Crippen LogP contribution in [-0.2, 0) is 6.42 Å². The summed E-state index contributed by atoms with van der Waals surface area (Å²) in [4.78, 5) is 12.3. The fourth-order valence-electron chi connectivity index (χ4n) is 1.79. The number of nitrogen functional groups attached to an aromatic ring is 1. The maximum atomic E-state index is 5.34. The van der Waals surface area contributed by atoms with E-state index in [-0.39, 0.29) is 18.0 Å². The van der Waals surface area contributed by atoms with E-state index < -0.39 is 0 Å². The highest BCUT2D eigenvalue weighted by atomic mass is 16.5. The molecule has 0 fully saturated rings. The Morgan fingerprint density at radius 3 is 2.81 bits per heavy atom. The number of hydrazine groups is 1. The van der Waals surface area contributed by atoms with Gasteiger partial charge in [-0.15, -0.1) is 0 Å². The van der Waals surface area contributed by atoms with Gasteiger partial charge >= 0.3 is 6.01 Å². The maximum Gasteiger partial charge on any atom is 0.323 e. The lowest BCUT2D eigenvalue weighted by molar-refractivity contribution is 0.312. The van der Waals surface area contributed by atoms with E-state index in [9.17, 15) is 0 Å². The highest BCUT2D eigenvalue weighted by molar-refractivity contribution is 5.35. The van der Waals surface area contributed by atoms with Crippen LogP contribution in [0.3, 0.4) is 0 Å². The van der Waals surface area contributed by atoms with Crippen molar-refractivity contribution in [3.63, 3.8) is 0 Å². The predicted molar refractivity (Wildman–Crippen MR) is 78.9 cm³/mol. The number of hydrogen-bond donors (Lipinski definition) is 3. The molecule has 0 saturated carbocycles. The number of rotatable bonds is 8. The van der Waals surface area contributed by atoms with Crippen LogP contribution in [0.15, 0.2) is 22.8 Å². The Hall–Kier alpha value is -2.35. The van der Waals surface area contributed by atoms with Crippen LogP contribution in [-0.4, -0.2) is 27.6 Å². The number of ether oxygens (including phenoxy) is 1. The minimum Gasteiger partial charge on any atom is -0.469 e. The lowest BCUT2D eigenvalue weighted by Gasteiger charge is -2.14. The van der Waals surface area contributed by atoms with Gasteiger partial charge in [-0.2, -0.15) is 15.0 Å². The van der Waals surface area contributed by atoms with Crippen molar-refractivity contribution in [3.8, 4) is 6.01 Å². The minimum absolute atomic E-state index is 0.164. The molecule has 0 aliphatic heterocycles. The summed E-state index contributed by atoms with van der Waals surface area (Å²) in [6.45, 7) is 4.38. The molecule has 2 rings (SSSR count). The Morgan fingerprint density at radius 2 is 2.14 bits per heavy atom. The monoisotopic (exact) mass is 292 g/mol. The molecule has 21 heavy (non-hydrogen) atoms. The van der Waals surface area contributed by atoms with E-state index in [1.165, 1.54) is 0 Å². The van der Waals surface area contributed by atoms with E-state index in [2.05, 4.69) is 25.7 Å². The molecule has 0 aliphatic rings. The van der Waals surface area contributed by atoms with Crippen molar-refractivity contribution in [2.24, 2.45) is 5.84 Å². The average Bonchev–Trinajstić information content (AvgIpc) is 2.98. The van der Waals surface area contributed by atoms with Crippen molar-refractivity contribution in [1.82, 2.24) is 15.0 Å². The van der Waals surface area contributed by atoms with Crippen LogP contribution in [0.4, 0.5) is 11.9 Å². The summed E-state index contributed by atoms with van der Waals surface area (Å²) < 4.78 is 10.6. The molecule has 2 aromatic heterocycles. The smallest absolute Gasteiger partial charge is 0.323 e. The Morgan fingerprint density at radius 1 is 1.33 bits per heavy atom. The number of aromatic nitrogens is 3. The fraction of sp³-hybridized carbons (Fsp3) is 0.462. The van der Waals surface area contributed by atoms with Crippen molar-refractivity contribution in [1.29, 1.82) is 0 Å². The van der Waals surface area contributed by atoms with Gasteiger partial charge in [0.1, 0.15) is 5.76 Å². The van der Waals surface area contributed by atoms with Crippen LogP contribution in [0.5, 0.6) is 6.01 Å². The molecule has 0 bridgehead atoms. The van der Waals surface area contributed by atoms with Gasteiger partial charge in [-0.3, -0.25) is 5.43 Å². The quantitative estimate of drug-likeness (QED) is 0.497. The molecule has 8 nitrogen and oxygen atoms in total. The molecule has 0 saturated heterocycles. The first-order chi connectivity index (χ1) is 10.2. The van der Waals surface area contributed by atoms with Crippen LogP contribution in [0.1, 0.15) is 26.0 Å². The first-order valence-electron chi connectivity index (χ1n) is 6.85. The fourth-order valence-corrected chi connectivity index (χ4v) is 1.79. The van der Waals surface area contributed by atoms with E-state index in [4.69, 9.17) is 15.0 Å². The van der Waals surface area contributed by atoms with Crippen molar-refractivity contribution >= 4 is 11.9 Å². The number of nitrogens with zero attached hydrogens (tertiary/aromatic N) is 3. The largest absolute Gasteiger partial charge is 0.469 e. The number of aryl methyl sites for hydroxylation is 1. The number of nitrogens with one attached hydrogen (secondary N) is 2. The highest BCUT2D eigenvalue weighted by Gasteiger charge is 2.10. The molecule has 8 heteroatoms. The van der Waals surface area contributed by atoms with Crippen molar-refractivity contribution < 1.29 is 9.15 Å². The minimum atomic E-state index is 0.164. The molecule has 4 N–H and O–H groups in total. The topological polar surface area (TPSA) is 111 Å². The van der Waals surface area contributed by atoms with Gasteiger partial charge in [-0.25, -0.2) is 5.84 Å². The Balaban J connectivity index is 1.95. The second kappa shape index (κ2) is 7.44. The van der Waals surface area contributed by atoms with Crippen molar-refractivity contribution in [3.05, 3.63) is 24.2 Å². The summed E-state index contributed by atoms with van der Waals surface area (Å²) in [5.74, 6) is 6.98. The first-order valence-corrected chi connectivity index (χ1v) is 6.85. The van der Waals surface area contributed by atoms with E-state index >= 15 is 0 Å². The van der Waals surface area contributed by atoms with Gasteiger partial charge in [0.05, 0.1) is 12.9 Å². The van der Waals surface area contributed by atoms with E-state index in [0.717, 1.165) is 18.6 Å². The normalized spacial score (nSPS) is 12.0. The van der Waals surface area contributed by atoms with Crippen LogP contribution in [0, 0.1) is 0 Å². The van der Waals surface area contributed by atoms with Gasteiger partial charge < -0.3 is 14.5 Å². The summed E-state index contributed by atoms with van der Waals surface area (Å²) in [7, 11) is 0. The van der Waals surface area contributed by atoms with Crippen molar-refractivity contribution in [2.45, 2.75) is 32.7 Å². The SMILES string of the molecule is CCOc1nc(NN)nc(NC(C)CCc2ccco2)n1. The zero-order valence-electron chi connectivity index (χ0n) is 12.2. The predicted octanol–water partition coefficient (Wildman–Crippen LogP) is 1.58. The molecule has 0 radical (unpaired) electrons. The average molecular weight is 292 g/mol. The molecule has 114 valence electrons. The molecule has 1 unspecified atom stereocenters. The molecule has 0 aromatic carbocycles. The van der Waals surface area contributed by atoms with E-state index in [1.807, 2.05) is 26.0 Å². The number of anilines is 2. The van der Waals surface area contributed by atoms with Gasteiger partial charge in [0.2, 0.25) is 11.9 Å². The Labute approximate surface area is 123 Å². The third kappa shape index (κ3) is 4.60. The zero-order valence-corrected chi connectivity index (χ0v) is 12.2. The van der Waals surface area contributed by atoms with Gasteiger partial charge in [0, 0.05) is 12.5 Å². The molecule has 0 amide bonds. The second-order valence-corrected chi connectivity index (χ2v) is 4.51. The molecule has 1 atom stereocenters. The summed E-state index contributed by atoms with van der Waals surface area (Å²) in [6.07, 6.45) is 3.40. The molecular formula is C13H20N6O2. The summed E-state index contributed by atoms with van der Waals surface area (Å²) in [5, 5.41) is 3.20. The lowest BCUT2D eigenvalue weighted by Crippen LogP contribution is -2.20. The van der Waals surface area contributed by atoms with Gasteiger partial charge in [0.25, 0.3) is 0 Å². The zero-order chi connectivity index (χ0) is 15.1. The Bertz CT molecular complexity index is 546. The first kappa shape index (κ1) is 15.0. The Kier molecular flexibility index (Phi) is 5.33. The lowest BCUT2D eigenvalue weighted by atomic mass is 10.1. The maximum absolute atomic E-state index is 5.34. The van der Waals surface area contributed by atoms with Crippen LogP contribution in [0.2, 0.25) is 0 Å². The van der Waals surface area contributed by atoms with E-state index in [0.29, 0.717) is 12.6 Å². The van der Waals surface area contributed by atoms with Crippen LogP contribution in [0.25, 0.3) is 0 Å². The number of hydrogen-bond acceptors (Lipinski definition) is 8. The molecule has 0 aliphatic carbocycles. The van der Waals surface area contributed by atoms with Crippen molar-refractivity contribution in [2.75, 3.05) is 17.3 Å². The number of nitrogens with two attached hydrogens (primary N) is 1. The summed E-state index contributed by atoms with van der Waals surface area (Å²) in [6, 6.07) is 4.24. The second-order valence-electron chi connectivity index (χ2n) is 4.51. The standard InChI is InChI=1S/C13H20N6O2/c1-3-20-13-17-11(16-12(18-13)19-14)15-9(2)6-7-10-5-4-8-21-10/h4-5,8-9H,3,6-7,14H2,1-2H3,(H2,15,16,17,18,19). The highest BCUT2D eigenvalue weighted by Crippen LogP contribution is 2.13. The third-order valence-electron chi connectivity index (χ3n) is 2.80. The molecule has 2 aromatic rings. The molecule has 2 heterocycles. The summed E-state index contributed by atoms with van der Waals surface area (Å²) >= 11 is 0. The van der Waals surface area contributed by atoms with Gasteiger partial charge in [-0.05, 0) is 32.4 Å². The molecular weight excluding hydrogens is 272 g/mol. The summed E-state index contributed by atoms with van der Waals surface area (Å²) in [5.41, 5.74) is 2.40. The van der Waals surface area contributed by atoms with E-state index in [1.54, 1.807) is 6.26 Å². The van der Waals surface area contributed by atoms with Crippen LogP contribution < -0.4 is 21.3 Å². The molecule has 0 spiro atoms. The van der Waals surface area contributed by atoms with Crippen LogP contribution >= 0.6 is 0 Å². The third-order valence-corrected chi connectivity index (χ3v) is 2.80. The number of furan rings is 1. The van der Waals surface area contributed by atoms with Gasteiger partial charge in [-0.1, -0.05) is 0 Å².